The van der Waals surface area contributed by atoms with Crippen molar-refractivity contribution in [3.05, 3.63) is 53.6 Å². The van der Waals surface area contributed by atoms with Gasteiger partial charge < -0.3 is 15.2 Å². The molecular formula is C24H24N4O3. The number of benzene rings is 2. The van der Waals surface area contributed by atoms with E-state index in [2.05, 4.69) is 12.1 Å². The van der Waals surface area contributed by atoms with E-state index in [1.807, 2.05) is 30.3 Å². The quantitative estimate of drug-likeness (QED) is 0.767. The molecule has 2 aromatic rings. The highest BCUT2D eigenvalue weighted by molar-refractivity contribution is 5.79. The molecular weight excluding hydrogens is 392 g/mol. The van der Waals surface area contributed by atoms with Gasteiger partial charge in [0, 0.05) is 13.5 Å². The Labute approximate surface area is 181 Å². The summed E-state index contributed by atoms with van der Waals surface area (Å²) < 4.78 is 12.9. The zero-order valence-electron chi connectivity index (χ0n) is 17.4. The Balaban J connectivity index is 1.49. The van der Waals surface area contributed by atoms with Crippen molar-refractivity contribution in [1.82, 2.24) is 5.06 Å². The molecule has 4 heterocycles. The highest BCUT2D eigenvalue weighted by Crippen LogP contribution is 2.56. The summed E-state index contributed by atoms with van der Waals surface area (Å²) in [6.45, 7) is 0.802. The molecule has 31 heavy (non-hydrogen) atoms. The smallest absolute Gasteiger partial charge is 0.222 e. The zero-order chi connectivity index (χ0) is 21.2. The van der Waals surface area contributed by atoms with Gasteiger partial charge in [-0.05, 0) is 60.6 Å². The van der Waals surface area contributed by atoms with Crippen molar-refractivity contribution in [2.24, 2.45) is 16.6 Å². The SMILES string of the molecule is CN1OC2(CC3(CC4CCC3OC4)Oc3ccc(-c4cccc(C#N)c4)cc32)N=C1N. The number of fused-ring (bicyclic) bond motifs is 4. The van der Waals surface area contributed by atoms with E-state index >= 15 is 0 Å². The first-order valence-electron chi connectivity index (χ1n) is 10.7. The molecule has 158 valence electrons. The molecule has 0 radical (unpaired) electrons. The van der Waals surface area contributed by atoms with Gasteiger partial charge in [-0.15, -0.1) is 0 Å². The minimum Gasteiger partial charge on any atom is -0.484 e. The third-order valence-corrected chi connectivity index (χ3v) is 7.07. The number of nitriles is 1. The summed E-state index contributed by atoms with van der Waals surface area (Å²) in [6, 6.07) is 15.8. The number of hydrogen-bond acceptors (Lipinski definition) is 7. The third kappa shape index (κ3) is 2.75. The fraction of sp³-hybridized carbons (Fsp3) is 0.417. The van der Waals surface area contributed by atoms with Gasteiger partial charge in [0.05, 0.1) is 29.9 Å². The van der Waals surface area contributed by atoms with E-state index in [0.29, 0.717) is 23.9 Å². The average molecular weight is 416 g/mol. The second-order valence-electron chi connectivity index (χ2n) is 9.06. The van der Waals surface area contributed by atoms with Gasteiger partial charge in [-0.3, -0.25) is 0 Å². The lowest BCUT2D eigenvalue weighted by Gasteiger charge is -2.55. The molecule has 4 unspecified atom stereocenters. The maximum absolute atomic E-state index is 9.28. The lowest BCUT2D eigenvalue weighted by atomic mass is 9.68. The Morgan fingerprint density at radius 2 is 2.06 bits per heavy atom. The lowest BCUT2D eigenvalue weighted by molar-refractivity contribution is -0.249. The summed E-state index contributed by atoms with van der Waals surface area (Å²) in [5.41, 5.74) is 8.16. The van der Waals surface area contributed by atoms with E-state index in [-0.39, 0.29) is 6.10 Å². The number of guanidine groups is 1. The minimum atomic E-state index is -0.948. The number of ether oxygens (including phenoxy) is 2. The Hall–Kier alpha value is -3.08. The normalized spacial score (nSPS) is 33.2. The summed E-state index contributed by atoms with van der Waals surface area (Å²) in [7, 11) is 1.78. The third-order valence-electron chi connectivity index (χ3n) is 7.07. The Kier molecular flexibility index (Phi) is 3.89. The summed E-state index contributed by atoms with van der Waals surface area (Å²) in [4.78, 5) is 11.1. The van der Waals surface area contributed by atoms with Gasteiger partial charge in [-0.25, -0.2) is 14.9 Å². The van der Waals surface area contributed by atoms with Gasteiger partial charge in [-0.1, -0.05) is 18.2 Å². The molecule has 5 aliphatic rings. The molecule has 4 aliphatic heterocycles. The summed E-state index contributed by atoms with van der Waals surface area (Å²) in [5.74, 6) is 1.60. The molecule has 3 fully saturated rings. The predicted molar refractivity (Wildman–Crippen MR) is 114 cm³/mol. The molecule has 2 spiro atoms. The van der Waals surface area contributed by atoms with Gasteiger partial charge in [0.15, 0.2) is 0 Å². The number of rotatable bonds is 1. The Morgan fingerprint density at radius 3 is 2.74 bits per heavy atom. The second-order valence-corrected chi connectivity index (χ2v) is 9.06. The molecule has 2 N–H and O–H groups in total. The van der Waals surface area contributed by atoms with Crippen molar-refractivity contribution < 1.29 is 14.3 Å². The highest BCUT2D eigenvalue weighted by Gasteiger charge is 2.61. The predicted octanol–water partition coefficient (Wildman–Crippen LogP) is 3.29. The van der Waals surface area contributed by atoms with Crippen LogP contribution in [0.4, 0.5) is 0 Å². The largest absolute Gasteiger partial charge is 0.484 e. The fourth-order valence-corrected chi connectivity index (χ4v) is 5.65. The molecule has 7 rings (SSSR count). The number of aliphatic imine (C=N–C) groups is 1. The molecule has 2 bridgehead atoms. The van der Waals surface area contributed by atoms with Crippen LogP contribution in [-0.4, -0.2) is 36.4 Å². The molecule has 0 amide bonds. The molecule has 7 heteroatoms. The van der Waals surface area contributed by atoms with Crippen molar-refractivity contribution in [2.45, 2.75) is 43.1 Å². The summed E-state index contributed by atoms with van der Waals surface area (Å²) >= 11 is 0. The molecule has 4 atom stereocenters. The van der Waals surface area contributed by atoms with Crippen LogP contribution in [-0.2, 0) is 15.3 Å². The van der Waals surface area contributed by atoms with Crippen LogP contribution in [0, 0.1) is 17.2 Å². The second kappa shape index (κ2) is 6.46. The highest BCUT2D eigenvalue weighted by atomic mass is 16.7. The maximum Gasteiger partial charge on any atom is 0.222 e. The standard InChI is InChI=1S/C24H24N4O3/c1-28-22(26)27-24(31-28)14-23(11-16-5-8-21(23)29-13-16)30-20-7-6-18(10-19(20)24)17-4-2-3-15(9-17)12-25/h2-4,6-7,9-10,16,21H,5,8,11,13-14H2,1H3,(H2,26,27). The maximum atomic E-state index is 9.28. The average Bonchev–Trinajstić information content (AvgIpc) is 3.07. The van der Waals surface area contributed by atoms with Gasteiger partial charge >= 0.3 is 0 Å². The van der Waals surface area contributed by atoms with Crippen LogP contribution in [0.5, 0.6) is 5.75 Å². The first-order valence-corrected chi connectivity index (χ1v) is 10.7. The first-order chi connectivity index (χ1) is 15.0. The monoisotopic (exact) mass is 416 g/mol. The van der Waals surface area contributed by atoms with Gasteiger partial charge in [0.25, 0.3) is 0 Å². The lowest BCUT2D eigenvalue weighted by Crippen LogP contribution is -2.62. The van der Waals surface area contributed by atoms with Crippen LogP contribution in [0.1, 0.15) is 36.8 Å². The van der Waals surface area contributed by atoms with Crippen LogP contribution >= 0.6 is 0 Å². The minimum absolute atomic E-state index is 0.0282. The van der Waals surface area contributed by atoms with E-state index in [1.165, 1.54) is 11.5 Å². The van der Waals surface area contributed by atoms with Crippen LogP contribution in [0.25, 0.3) is 11.1 Å². The van der Waals surface area contributed by atoms with Crippen LogP contribution in [0.2, 0.25) is 0 Å². The number of hydroxylamine groups is 2. The van der Waals surface area contributed by atoms with Crippen molar-refractivity contribution >= 4 is 5.96 Å². The van der Waals surface area contributed by atoms with Gasteiger partial charge in [0.1, 0.15) is 11.4 Å². The fourth-order valence-electron chi connectivity index (χ4n) is 5.65. The Morgan fingerprint density at radius 1 is 1.19 bits per heavy atom. The molecule has 2 saturated heterocycles. The van der Waals surface area contributed by atoms with Crippen molar-refractivity contribution in [2.75, 3.05) is 13.7 Å². The number of nitrogens with zero attached hydrogens (tertiary/aromatic N) is 3. The van der Waals surface area contributed by atoms with Crippen molar-refractivity contribution in [3.63, 3.8) is 0 Å². The topological polar surface area (TPSA) is 93.1 Å². The van der Waals surface area contributed by atoms with E-state index in [0.717, 1.165) is 41.9 Å². The van der Waals surface area contributed by atoms with E-state index in [4.69, 9.17) is 25.0 Å². The van der Waals surface area contributed by atoms with Crippen LogP contribution in [0.15, 0.2) is 47.5 Å². The zero-order valence-corrected chi connectivity index (χ0v) is 17.4. The van der Waals surface area contributed by atoms with E-state index < -0.39 is 11.3 Å². The van der Waals surface area contributed by atoms with E-state index in [9.17, 15) is 5.26 Å². The van der Waals surface area contributed by atoms with Crippen molar-refractivity contribution in [3.8, 4) is 22.9 Å². The van der Waals surface area contributed by atoms with Crippen LogP contribution < -0.4 is 10.5 Å². The van der Waals surface area contributed by atoms with Crippen molar-refractivity contribution in [1.29, 1.82) is 5.26 Å². The van der Waals surface area contributed by atoms with Crippen LogP contribution in [0.3, 0.4) is 0 Å². The van der Waals surface area contributed by atoms with E-state index in [1.54, 1.807) is 13.1 Å². The Bertz CT molecular complexity index is 1130. The molecule has 2 aromatic carbocycles. The summed E-state index contributed by atoms with van der Waals surface area (Å²) in [6.07, 6.45) is 3.69. The van der Waals surface area contributed by atoms with Gasteiger partial charge in [-0.2, -0.15) is 5.26 Å². The molecule has 0 aromatic heterocycles. The number of nitrogens with two attached hydrogens (primary N) is 1. The first kappa shape index (κ1) is 18.7. The molecule has 1 aliphatic carbocycles. The van der Waals surface area contributed by atoms with Gasteiger partial charge in [0.2, 0.25) is 11.7 Å². The number of hydrogen-bond donors (Lipinski definition) is 1. The molecule has 7 nitrogen and oxygen atoms in total. The summed E-state index contributed by atoms with van der Waals surface area (Å²) in [5, 5.41) is 10.8. The molecule has 1 saturated carbocycles.